The van der Waals surface area contributed by atoms with Gasteiger partial charge in [-0.1, -0.05) is 6.07 Å². The number of anilines is 1. The van der Waals surface area contributed by atoms with E-state index in [1.807, 2.05) is 30.3 Å². The van der Waals surface area contributed by atoms with Gasteiger partial charge >= 0.3 is 0 Å². The monoisotopic (exact) mass is 340 g/mol. The Hall–Kier alpha value is -2.53. The maximum Gasteiger partial charge on any atom is 0.255 e. The van der Waals surface area contributed by atoms with Crippen LogP contribution in [0.4, 0.5) is 5.69 Å². The van der Waals surface area contributed by atoms with Gasteiger partial charge in [0.1, 0.15) is 17.6 Å². The van der Waals surface area contributed by atoms with Crippen LogP contribution in [0.5, 0.6) is 11.5 Å². The van der Waals surface area contributed by atoms with Crippen molar-refractivity contribution in [2.75, 3.05) is 32.6 Å². The van der Waals surface area contributed by atoms with Crippen LogP contribution in [0.25, 0.3) is 0 Å². The van der Waals surface area contributed by atoms with Crippen molar-refractivity contribution in [3.8, 4) is 11.5 Å². The molecule has 0 saturated carbocycles. The Morgan fingerprint density at radius 1 is 1.08 bits per heavy atom. The number of carbonyl (C=O) groups excluding carboxylic acids is 1. The highest BCUT2D eigenvalue weighted by Crippen LogP contribution is 2.21. The number of amides is 1. The number of nitrogens with one attached hydrogen (secondary N) is 1. The van der Waals surface area contributed by atoms with Crippen molar-refractivity contribution >= 4 is 11.6 Å². The van der Waals surface area contributed by atoms with Gasteiger partial charge in [-0.3, -0.25) is 4.79 Å². The lowest BCUT2D eigenvalue weighted by molar-refractivity contribution is 0.102. The molecule has 0 bridgehead atoms. The van der Waals surface area contributed by atoms with Gasteiger partial charge in [0.05, 0.1) is 7.11 Å². The van der Waals surface area contributed by atoms with Crippen molar-refractivity contribution in [1.29, 1.82) is 0 Å². The molecule has 1 heterocycles. The van der Waals surface area contributed by atoms with Crippen molar-refractivity contribution in [1.82, 2.24) is 4.90 Å². The minimum atomic E-state index is -0.164. The molecule has 1 saturated heterocycles. The molecule has 5 heteroatoms. The smallest absolute Gasteiger partial charge is 0.255 e. The number of benzene rings is 2. The lowest BCUT2D eigenvalue weighted by Gasteiger charge is -2.29. The summed E-state index contributed by atoms with van der Waals surface area (Å²) in [5.41, 5.74) is 1.30. The summed E-state index contributed by atoms with van der Waals surface area (Å²) in [6.07, 6.45) is 2.36. The molecule has 2 aromatic carbocycles. The van der Waals surface area contributed by atoms with E-state index in [1.54, 1.807) is 25.3 Å². The van der Waals surface area contributed by atoms with Gasteiger partial charge in [-0.05, 0) is 62.4 Å². The molecular weight excluding hydrogens is 316 g/mol. The lowest BCUT2D eigenvalue weighted by Crippen LogP contribution is -2.35. The van der Waals surface area contributed by atoms with Gasteiger partial charge in [-0.25, -0.2) is 0 Å². The normalized spacial score (nSPS) is 15.6. The molecule has 1 N–H and O–H groups in total. The van der Waals surface area contributed by atoms with Gasteiger partial charge in [0.15, 0.2) is 0 Å². The van der Waals surface area contributed by atoms with Crippen LogP contribution in [0.1, 0.15) is 23.2 Å². The largest absolute Gasteiger partial charge is 0.497 e. The standard InChI is InChI=1S/C20H24N2O3/c1-22-12-10-18(11-13-22)25-17-8-6-16(7-9-17)21-20(23)15-4-3-5-19(14-15)24-2/h3-9,14,18H,10-13H2,1-2H3,(H,21,23). The van der Waals surface area contributed by atoms with Crippen molar-refractivity contribution < 1.29 is 14.3 Å². The summed E-state index contributed by atoms with van der Waals surface area (Å²) >= 11 is 0. The molecule has 0 atom stereocenters. The van der Waals surface area contributed by atoms with Crippen LogP contribution in [-0.4, -0.2) is 44.2 Å². The number of carbonyl (C=O) groups is 1. The van der Waals surface area contributed by atoms with E-state index in [1.165, 1.54) is 0 Å². The highest BCUT2D eigenvalue weighted by Gasteiger charge is 2.18. The van der Waals surface area contributed by atoms with Gasteiger partial charge in [0.25, 0.3) is 5.91 Å². The van der Waals surface area contributed by atoms with E-state index in [2.05, 4.69) is 17.3 Å². The van der Waals surface area contributed by atoms with Crippen LogP contribution in [-0.2, 0) is 0 Å². The average Bonchev–Trinajstić information content (AvgIpc) is 2.65. The third-order valence-electron chi connectivity index (χ3n) is 4.41. The highest BCUT2D eigenvalue weighted by atomic mass is 16.5. The summed E-state index contributed by atoms with van der Waals surface area (Å²) in [5.74, 6) is 1.34. The van der Waals surface area contributed by atoms with E-state index >= 15 is 0 Å². The molecule has 0 aromatic heterocycles. The zero-order valence-corrected chi connectivity index (χ0v) is 14.7. The van der Waals surface area contributed by atoms with E-state index in [9.17, 15) is 4.79 Å². The van der Waals surface area contributed by atoms with Crippen molar-refractivity contribution in [3.05, 3.63) is 54.1 Å². The molecule has 2 aromatic rings. The predicted octanol–water partition coefficient (Wildman–Crippen LogP) is 3.42. The summed E-state index contributed by atoms with van der Waals surface area (Å²) in [5, 5.41) is 2.89. The highest BCUT2D eigenvalue weighted by molar-refractivity contribution is 6.04. The number of methoxy groups -OCH3 is 1. The number of likely N-dealkylation sites (tertiary alicyclic amines) is 1. The summed E-state index contributed by atoms with van der Waals surface area (Å²) < 4.78 is 11.2. The molecule has 1 aliphatic heterocycles. The Kier molecular flexibility index (Phi) is 5.56. The molecule has 0 unspecified atom stereocenters. The Labute approximate surface area is 148 Å². The molecular formula is C20H24N2O3. The summed E-state index contributed by atoms with van der Waals surface area (Å²) in [4.78, 5) is 14.6. The van der Waals surface area contributed by atoms with Crippen LogP contribution < -0.4 is 14.8 Å². The van der Waals surface area contributed by atoms with Crippen LogP contribution in [0, 0.1) is 0 Å². The van der Waals surface area contributed by atoms with E-state index in [0.29, 0.717) is 11.3 Å². The maximum absolute atomic E-state index is 12.3. The fourth-order valence-corrected chi connectivity index (χ4v) is 2.88. The first-order valence-corrected chi connectivity index (χ1v) is 8.55. The quantitative estimate of drug-likeness (QED) is 0.906. The molecule has 5 nitrogen and oxygen atoms in total. The van der Waals surface area contributed by atoms with Crippen LogP contribution in [0.15, 0.2) is 48.5 Å². The van der Waals surface area contributed by atoms with E-state index in [4.69, 9.17) is 9.47 Å². The van der Waals surface area contributed by atoms with Crippen molar-refractivity contribution in [2.24, 2.45) is 0 Å². The Balaban J connectivity index is 1.57. The maximum atomic E-state index is 12.3. The number of piperidine rings is 1. The molecule has 0 spiro atoms. The van der Waals surface area contributed by atoms with Crippen LogP contribution >= 0.6 is 0 Å². The second-order valence-corrected chi connectivity index (χ2v) is 6.33. The molecule has 132 valence electrons. The van der Waals surface area contributed by atoms with E-state index in [0.717, 1.165) is 37.4 Å². The topological polar surface area (TPSA) is 50.8 Å². The van der Waals surface area contributed by atoms with Crippen molar-refractivity contribution in [2.45, 2.75) is 18.9 Å². The fourth-order valence-electron chi connectivity index (χ4n) is 2.88. The lowest BCUT2D eigenvalue weighted by atomic mass is 10.1. The van der Waals surface area contributed by atoms with Gasteiger partial charge in [-0.15, -0.1) is 0 Å². The fraction of sp³-hybridized carbons (Fsp3) is 0.350. The summed E-state index contributed by atoms with van der Waals surface area (Å²) in [6.45, 7) is 2.14. The van der Waals surface area contributed by atoms with Gasteiger partial charge in [0.2, 0.25) is 0 Å². The van der Waals surface area contributed by atoms with Crippen LogP contribution in [0.3, 0.4) is 0 Å². The second kappa shape index (κ2) is 8.03. The molecule has 0 radical (unpaired) electrons. The Bertz CT molecular complexity index is 707. The molecule has 1 aliphatic rings. The zero-order chi connectivity index (χ0) is 17.6. The Morgan fingerprint density at radius 2 is 1.80 bits per heavy atom. The van der Waals surface area contributed by atoms with Crippen LogP contribution in [0.2, 0.25) is 0 Å². The number of hydrogen-bond donors (Lipinski definition) is 1. The first kappa shape index (κ1) is 17.3. The molecule has 1 amide bonds. The number of nitrogens with zero attached hydrogens (tertiary/aromatic N) is 1. The minimum absolute atomic E-state index is 0.164. The average molecular weight is 340 g/mol. The van der Waals surface area contributed by atoms with Gasteiger partial charge in [0, 0.05) is 24.3 Å². The van der Waals surface area contributed by atoms with Gasteiger partial charge < -0.3 is 19.7 Å². The summed E-state index contributed by atoms with van der Waals surface area (Å²) in [6, 6.07) is 14.6. The molecule has 0 aliphatic carbocycles. The Morgan fingerprint density at radius 3 is 2.48 bits per heavy atom. The predicted molar refractivity (Wildman–Crippen MR) is 98.5 cm³/mol. The molecule has 25 heavy (non-hydrogen) atoms. The second-order valence-electron chi connectivity index (χ2n) is 6.33. The zero-order valence-electron chi connectivity index (χ0n) is 14.7. The number of rotatable bonds is 5. The van der Waals surface area contributed by atoms with E-state index < -0.39 is 0 Å². The SMILES string of the molecule is COc1cccc(C(=O)Nc2ccc(OC3CCN(C)CC3)cc2)c1. The third-order valence-corrected chi connectivity index (χ3v) is 4.41. The first-order chi connectivity index (χ1) is 12.1. The molecule has 1 fully saturated rings. The third kappa shape index (κ3) is 4.73. The van der Waals surface area contributed by atoms with E-state index in [-0.39, 0.29) is 12.0 Å². The first-order valence-electron chi connectivity index (χ1n) is 8.55. The van der Waals surface area contributed by atoms with Crippen molar-refractivity contribution in [3.63, 3.8) is 0 Å². The number of ether oxygens (including phenoxy) is 2. The summed E-state index contributed by atoms with van der Waals surface area (Å²) in [7, 11) is 3.72. The molecule has 3 rings (SSSR count). The van der Waals surface area contributed by atoms with Gasteiger partial charge in [-0.2, -0.15) is 0 Å². The minimum Gasteiger partial charge on any atom is -0.497 e. The number of hydrogen-bond acceptors (Lipinski definition) is 4.